The van der Waals surface area contributed by atoms with Gasteiger partial charge in [-0.3, -0.25) is 0 Å². The lowest BCUT2D eigenvalue weighted by molar-refractivity contribution is 0.601. The maximum absolute atomic E-state index is 11.3. The van der Waals surface area contributed by atoms with Crippen molar-refractivity contribution in [2.24, 2.45) is 0 Å². The molecule has 0 aliphatic carbocycles. The minimum absolute atomic E-state index is 0.137. The molecule has 0 heterocycles. The molecule has 0 amide bonds. The van der Waals surface area contributed by atoms with Crippen molar-refractivity contribution in [3.63, 3.8) is 0 Å². The Balaban J connectivity index is 2.84. The van der Waals surface area contributed by atoms with Crippen molar-refractivity contribution in [1.29, 1.82) is 0 Å². The van der Waals surface area contributed by atoms with Gasteiger partial charge in [0.2, 0.25) is 0 Å². The number of halogens is 1. The monoisotopic (exact) mass is 318 g/mol. The molecule has 1 aromatic carbocycles. The van der Waals surface area contributed by atoms with E-state index in [2.05, 4.69) is 12.2 Å². The van der Waals surface area contributed by atoms with Crippen molar-refractivity contribution in [1.82, 2.24) is 5.32 Å². The minimum atomic E-state index is -2.96. The zero-order valence-electron chi connectivity index (χ0n) is 12.3. The van der Waals surface area contributed by atoms with Gasteiger partial charge in [-0.05, 0) is 25.1 Å². The van der Waals surface area contributed by atoms with Crippen LogP contribution in [-0.4, -0.2) is 40.6 Å². The molecule has 0 aliphatic rings. The second-order valence-electron chi connectivity index (χ2n) is 4.97. The third-order valence-electron chi connectivity index (χ3n) is 3.03. The molecule has 0 aliphatic heterocycles. The standard InChI is InChI=1S/C14H23ClN2O2S/c1-4-8-16-11-12-13(15)6-5-7-14(12)17(2)9-10-20(3,18)19/h5-7,16H,4,8-11H2,1-3H3. The molecule has 6 heteroatoms. The van der Waals surface area contributed by atoms with E-state index in [1.54, 1.807) is 0 Å². The summed E-state index contributed by atoms with van der Waals surface area (Å²) < 4.78 is 22.5. The Morgan fingerprint density at radius 1 is 1.35 bits per heavy atom. The molecule has 4 nitrogen and oxygen atoms in total. The first kappa shape index (κ1) is 17.3. The van der Waals surface area contributed by atoms with E-state index in [-0.39, 0.29) is 5.75 Å². The highest BCUT2D eigenvalue weighted by Gasteiger charge is 2.12. The van der Waals surface area contributed by atoms with Crippen LogP contribution >= 0.6 is 11.6 Å². The van der Waals surface area contributed by atoms with Crippen molar-refractivity contribution >= 4 is 27.1 Å². The highest BCUT2D eigenvalue weighted by Crippen LogP contribution is 2.26. The second kappa shape index (κ2) is 7.86. The third-order valence-corrected chi connectivity index (χ3v) is 4.31. The second-order valence-corrected chi connectivity index (χ2v) is 7.63. The Morgan fingerprint density at radius 3 is 2.65 bits per heavy atom. The Labute approximate surface area is 127 Å². The van der Waals surface area contributed by atoms with E-state index in [0.717, 1.165) is 24.2 Å². The van der Waals surface area contributed by atoms with Gasteiger partial charge in [-0.15, -0.1) is 0 Å². The first-order chi connectivity index (χ1) is 9.35. The molecule has 0 saturated carbocycles. The lowest BCUT2D eigenvalue weighted by Gasteiger charge is -2.23. The quantitative estimate of drug-likeness (QED) is 0.747. The minimum Gasteiger partial charge on any atom is -0.373 e. The summed E-state index contributed by atoms with van der Waals surface area (Å²) in [5.74, 6) is 0.137. The summed E-state index contributed by atoms with van der Waals surface area (Å²) in [6.07, 6.45) is 2.31. The first-order valence-corrected chi connectivity index (χ1v) is 9.16. The van der Waals surface area contributed by atoms with E-state index in [4.69, 9.17) is 11.6 Å². The molecule has 114 valence electrons. The van der Waals surface area contributed by atoms with Crippen LogP contribution in [0.3, 0.4) is 0 Å². The SMILES string of the molecule is CCCNCc1c(Cl)cccc1N(C)CCS(C)(=O)=O. The number of hydrogen-bond donors (Lipinski definition) is 1. The summed E-state index contributed by atoms with van der Waals surface area (Å²) in [6.45, 7) is 4.18. The van der Waals surface area contributed by atoms with Gasteiger partial charge in [0, 0.05) is 42.7 Å². The van der Waals surface area contributed by atoms with Crippen molar-refractivity contribution in [3.8, 4) is 0 Å². The van der Waals surface area contributed by atoms with E-state index < -0.39 is 9.84 Å². The lowest BCUT2D eigenvalue weighted by Crippen LogP contribution is -2.27. The molecule has 0 fully saturated rings. The van der Waals surface area contributed by atoms with E-state index in [9.17, 15) is 8.42 Å². The van der Waals surface area contributed by atoms with Gasteiger partial charge >= 0.3 is 0 Å². The van der Waals surface area contributed by atoms with E-state index in [1.807, 2.05) is 30.1 Å². The van der Waals surface area contributed by atoms with E-state index in [0.29, 0.717) is 18.1 Å². The van der Waals surface area contributed by atoms with Gasteiger partial charge in [-0.25, -0.2) is 8.42 Å². The Kier molecular flexibility index (Phi) is 6.79. The molecule has 0 spiro atoms. The molecule has 0 aromatic heterocycles. The fourth-order valence-corrected chi connectivity index (χ4v) is 2.74. The number of nitrogens with one attached hydrogen (secondary N) is 1. The predicted octanol–water partition coefficient (Wildman–Crippen LogP) is 2.32. The summed E-state index contributed by atoms with van der Waals surface area (Å²) in [6, 6.07) is 5.72. The van der Waals surface area contributed by atoms with Crippen LogP contribution in [0.1, 0.15) is 18.9 Å². The summed E-state index contributed by atoms with van der Waals surface area (Å²) in [7, 11) is -1.07. The Morgan fingerprint density at radius 2 is 2.05 bits per heavy atom. The first-order valence-electron chi connectivity index (χ1n) is 6.72. The van der Waals surface area contributed by atoms with Gasteiger partial charge in [-0.1, -0.05) is 24.6 Å². The average molecular weight is 319 g/mol. The van der Waals surface area contributed by atoms with Gasteiger partial charge in [-0.2, -0.15) is 0 Å². The fraction of sp³-hybridized carbons (Fsp3) is 0.571. The molecule has 20 heavy (non-hydrogen) atoms. The van der Waals surface area contributed by atoms with Crippen LogP contribution < -0.4 is 10.2 Å². The maximum atomic E-state index is 11.3. The number of hydrogen-bond acceptors (Lipinski definition) is 4. The number of rotatable bonds is 8. The summed E-state index contributed by atoms with van der Waals surface area (Å²) >= 11 is 6.26. The topological polar surface area (TPSA) is 49.4 Å². The lowest BCUT2D eigenvalue weighted by atomic mass is 10.1. The molecular formula is C14H23ClN2O2S. The molecule has 0 radical (unpaired) electrons. The van der Waals surface area contributed by atoms with Crippen LogP contribution in [-0.2, 0) is 16.4 Å². The number of nitrogens with zero attached hydrogens (tertiary/aromatic N) is 1. The summed E-state index contributed by atoms with van der Waals surface area (Å²) in [4.78, 5) is 1.94. The molecule has 1 rings (SSSR count). The maximum Gasteiger partial charge on any atom is 0.149 e. The van der Waals surface area contributed by atoms with Gasteiger partial charge in [0.15, 0.2) is 0 Å². The molecule has 1 N–H and O–H groups in total. The van der Waals surface area contributed by atoms with Gasteiger partial charge < -0.3 is 10.2 Å². The Bertz CT molecular complexity index is 532. The zero-order valence-corrected chi connectivity index (χ0v) is 13.9. The van der Waals surface area contributed by atoms with Crippen LogP contribution in [0.25, 0.3) is 0 Å². The normalized spacial score (nSPS) is 11.6. The van der Waals surface area contributed by atoms with Crippen molar-refractivity contribution in [2.45, 2.75) is 19.9 Å². The highest BCUT2D eigenvalue weighted by molar-refractivity contribution is 7.90. The van der Waals surface area contributed by atoms with Gasteiger partial charge in [0.1, 0.15) is 9.84 Å². The summed E-state index contributed by atoms with van der Waals surface area (Å²) in [5, 5.41) is 4.04. The molecule has 0 unspecified atom stereocenters. The highest BCUT2D eigenvalue weighted by atomic mass is 35.5. The van der Waals surface area contributed by atoms with Crippen molar-refractivity contribution in [2.75, 3.05) is 37.0 Å². The molecular weight excluding hydrogens is 296 g/mol. The molecule has 0 saturated heterocycles. The third kappa shape index (κ3) is 5.69. The smallest absolute Gasteiger partial charge is 0.149 e. The molecule has 0 atom stereocenters. The van der Waals surface area contributed by atoms with Crippen LogP contribution in [0, 0.1) is 0 Å². The number of benzene rings is 1. The van der Waals surface area contributed by atoms with E-state index in [1.165, 1.54) is 6.26 Å². The van der Waals surface area contributed by atoms with Gasteiger partial charge in [0.05, 0.1) is 5.75 Å². The summed E-state index contributed by atoms with van der Waals surface area (Å²) in [5.41, 5.74) is 1.99. The van der Waals surface area contributed by atoms with E-state index >= 15 is 0 Å². The largest absolute Gasteiger partial charge is 0.373 e. The number of anilines is 1. The van der Waals surface area contributed by atoms with Crippen LogP contribution in [0.2, 0.25) is 5.02 Å². The molecule has 1 aromatic rings. The van der Waals surface area contributed by atoms with Crippen molar-refractivity contribution in [3.05, 3.63) is 28.8 Å². The van der Waals surface area contributed by atoms with Crippen LogP contribution in [0.5, 0.6) is 0 Å². The fourth-order valence-electron chi connectivity index (χ4n) is 1.89. The molecule has 0 bridgehead atoms. The zero-order chi connectivity index (χ0) is 15.2. The predicted molar refractivity (Wildman–Crippen MR) is 86.4 cm³/mol. The van der Waals surface area contributed by atoms with Crippen LogP contribution in [0.4, 0.5) is 5.69 Å². The average Bonchev–Trinajstić information content (AvgIpc) is 2.37. The van der Waals surface area contributed by atoms with Crippen LogP contribution in [0.15, 0.2) is 18.2 Å². The number of sulfone groups is 1. The van der Waals surface area contributed by atoms with Crippen molar-refractivity contribution < 1.29 is 8.42 Å². The van der Waals surface area contributed by atoms with Gasteiger partial charge in [0.25, 0.3) is 0 Å². The Hall–Kier alpha value is -0.780.